The lowest BCUT2D eigenvalue weighted by Crippen LogP contribution is -2.53. The lowest BCUT2D eigenvalue weighted by Gasteiger charge is -1.59. The SMILES string of the molecule is [N-]=[N+]=[NH+][O-]. The third-order valence-corrected chi connectivity index (χ3v) is 0.0408. The summed E-state index contributed by atoms with van der Waals surface area (Å²) in [7, 11) is 0. The van der Waals surface area contributed by atoms with Gasteiger partial charge in [-0.15, -0.1) is 0 Å². The molecule has 0 amide bonds. The topological polar surface area (TPSA) is 73.4 Å². The monoisotopic (exact) mass is 59.0 g/mol. The van der Waals surface area contributed by atoms with Crippen molar-refractivity contribution < 1.29 is 5.28 Å². The smallest absolute Gasteiger partial charge is 0.353 e. The highest BCUT2D eigenvalue weighted by molar-refractivity contribution is 4.16. The minimum absolute atomic E-state index is 0.861. The van der Waals surface area contributed by atoms with Crippen molar-refractivity contribution >= 4 is 0 Å². The van der Waals surface area contributed by atoms with E-state index in [9.17, 15) is 0 Å². The van der Waals surface area contributed by atoms with Crippen LogP contribution in [0.2, 0.25) is 0 Å². The van der Waals surface area contributed by atoms with E-state index in [1.807, 2.05) is 4.91 Å². The summed E-state index contributed by atoms with van der Waals surface area (Å²) < 4.78 is 0. The van der Waals surface area contributed by atoms with Gasteiger partial charge < -0.3 is 5.21 Å². The first-order valence-electron chi connectivity index (χ1n) is 0.628. The Hall–Kier alpha value is -0.890. The van der Waals surface area contributed by atoms with Crippen LogP contribution in [0.1, 0.15) is 0 Å². The standard InChI is InChI=1S/HN3O/c1-2-3-4/h3H. The third kappa shape index (κ3) is 1.11. The molecule has 0 heterocycles. The van der Waals surface area contributed by atoms with Crippen LogP contribution in [0.3, 0.4) is 0 Å². The van der Waals surface area contributed by atoms with Crippen LogP contribution in [0, 0.1) is 5.21 Å². The fraction of sp³-hybridized carbons (Fsp3) is 0. The molecule has 0 aromatic carbocycles. The van der Waals surface area contributed by atoms with Gasteiger partial charge in [-0.2, -0.15) is 0 Å². The zero-order valence-corrected chi connectivity index (χ0v) is 1.80. The molecular formula is HN3O. The molecule has 4 heteroatoms. The summed E-state index contributed by atoms with van der Waals surface area (Å²) in [5.41, 5.74) is 7.08. The molecule has 0 aliphatic heterocycles. The van der Waals surface area contributed by atoms with Gasteiger partial charge in [-0.1, -0.05) is 5.28 Å². The minimum Gasteiger partial charge on any atom is -0.751 e. The predicted octanol–water partition coefficient (Wildman–Crippen LogP) is -1.12. The normalized spacial score (nSPS) is 4.00. The molecule has 0 fully saturated rings. The van der Waals surface area contributed by atoms with Crippen LogP contribution in [0.25, 0.3) is 10.4 Å². The number of hydrogen-bond donors (Lipinski definition) is 1. The van der Waals surface area contributed by atoms with E-state index in [-0.39, 0.29) is 0 Å². The van der Waals surface area contributed by atoms with Crippen molar-refractivity contribution in [3.63, 3.8) is 0 Å². The molecule has 22 valence electrons. The Morgan fingerprint density at radius 1 is 2.00 bits per heavy atom. The van der Waals surface area contributed by atoms with E-state index in [1.54, 1.807) is 0 Å². The van der Waals surface area contributed by atoms with Gasteiger partial charge in [0.2, 0.25) is 4.91 Å². The van der Waals surface area contributed by atoms with Gasteiger partial charge in [0.1, 0.15) is 0 Å². The summed E-state index contributed by atoms with van der Waals surface area (Å²) in [4.78, 5) is 1.93. The molecular weight excluding hydrogens is 58.0 g/mol. The number of nitrogens with zero attached hydrogens (tertiary/aromatic N) is 2. The van der Waals surface area contributed by atoms with Gasteiger partial charge >= 0.3 is 5.53 Å². The van der Waals surface area contributed by atoms with Crippen molar-refractivity contribution in [2.45, 2.75) is 0 Å². The van der Waals surface area contributed by atoms with Crippen LogP contribution in [0.5, 0.6) is 0 Å². The first-order chi connectivity index (χ1) is 1.91. The maximum Gasteiger partial charge on any atom is 0.353 e. The van der Waals surface area contributed by atoms with E-state index in [4.69, 9.17) is 10.7 Å². The highest BCUT2D eigenvalue weighted by atomic mass is 16.4. The fourth-order valence-corrected chi connectivity index (χ4v) is 0. The van der Waals surface area contributed by atoms with Gasteiger partial charge in [0.15, 0.2) is 0 Å². The van der Waals surface area contributed by atoms with E-state index in [2.05, 4.69) is 0 Å². The molecule has 0 bridgehead atoms. The second-order valence-electron chi connectivity index (χ2n) is 0.191. The van der Waals surface area contributed by atoms with Crippen molar-refractivity contribution in [2.24, 2.45) is 0 Å². The summed E-state index contributed by atoms with van der Waals surface area (Å²) >= 11 is 0. The Labute approximate surface area is 22.3 Å². The van der Waals surface area contributed by atoms with Gasteiger partial charge in [-0.05, 0) is 0 Å². The molecule has 0 aromatic rings. The van der Waals surface area contributed by atoms with Gasteiger partial charge in [0.05, 0.1) is 0 Å². The summed E-state index contributed by atoms with van der Waals surface area (Å²) in [5, 5.41) is 9.49. The van der Waals surface area contributed by atoms with E-state index in [0.29, 0.717) is 0 Å². The quantitative estimate of drug-likeness (QED) is 0.163. The summed E-state index contributed by atoms with van der Waals surface area (Å²) in [6.45, 7) is 0. The highest BCUT2D eigenvalue weighted by Gasteiger charge is 1.31. The van der Waals surface area contributed by atoms with Gasteiger partial charge in [-0.3, -0.25) is 0 Å². The molecule has 4 nitrogen and oxygen atoms in total. The molecule has 0 unspecified atom stereocenters. The molecule has 0 rings (SSSR count). The molecule has 0 radical (unpaired) electrons. The second kappa shape index (κ2) is 2.11. The molecule has 0 saturated heterocycles. The number of rotatable bonds is 0. The fourth-order valence-electron chi connectivity index (χ4n) is 0. The van der Waals surface area contributed by atoms with E-state index < -0.39 is 0 Å². The molecule has 0 atom stereocenters. The van der Waals surface area contributed by atoms with Crippen LogP contribution in [0.4, 0.5) is 0 Å². The number of nitrogens with one attached hydrogen (secondary N) is 1. The van der Waals surface area contributed by atoms with E-state index >= 15 is 0 Å². The first kappa shape index (κ1) is 3.11. The number of hydrogen-bond acceptors (Lipinski definition) is 1. The van der Waals surface area contributed by atoms with Crippen molar-refractivity contribution in [3.8, 4) is 0 Å². The Kier molecular flexibility index (Phi) is 1.64. The zero-order valence-electron chi connectivity index (χ0n) is 1.80. The highest BCUT2D eigenvalue weighted by Crippen LogP contribution is 1.12. The molecule has 0 aliphatic rings. The summed E-state index contributed by atoms with van der Waals surface area (Å²) in [6, 6.07) is 0. The Bertz CT molecular complexity index is 41.2. The molecule has 0 aromatic heterocycles. The van der Waals surface area contributed by atoms with Crippen molar-refractivity contribution in [3.05, 3.63) is 15.7 Å². The van der Waals surface area contributed by atoms with E-state index in [0.717, 1.165) is 5.28 Å². The van der Waals surface area contributed by atoms with Crippen molar-refractivity contribution in [1.29, 1.82) is 0 Å². The van der Waals surface area contributed by atoms with Gasteiger partial charge in [-0.25, -0.2) is 0 Å². The Morgan fingerprint density at radius 3 is 2.25 bits per heavy atom. The van der Waals surface area contributed by atoms with Crippen LogP contribution in [0.15, 0.2) is 0 Å². The average molecular weight is 59.0 g/mol. The molecule has 4 heavy (non-hydrogen) atoms. The molecule has 1 N–H and O–H groups in total. The van der Waals surface area contributed by atoms with Crippen LogP contribution in [-0.2, 0) is 0 Å². The third-order valence-electron chi connectivity index (χ3n) is 0.0408. The van der Waals surface area contributed by atoms with Crippen molar-refractivity contribution in [1.82, 2.24) is 0 Å². The van der Waals surface area contributed by atoms with Gasteiger partial charge in [0.25, 0.3) is 0 Å². The van der Waals surface area contributed by atoms with Crippen LogP contribution >= 0.6 is 0 Å². The average Bonchev–Trinajstić information content (AvgIpc) is 1.37. The molecule has 0 spiro atoms. The van der Waals surface area contributed by atoms with Gasteiger partial charge in [0, 0.05) is 0 Å². The van der Waals surface area contributed by atoms with Crippen LogP contribution < -0.4 is 5.28 Å². The summed E-state index contributed by atoms with van der Waals surface area (Å²) in [5.74, 6) is 0. The minimum atomic E-state index is 0.861. The maximum absolute atomic E-state index is 8.63. The predicted molar refractivity (Wildman–Crippen MR) is 11.0 cm³/mol. The lowest BCUT2D eigenvalue weighted by molar-refractivity contribution is -0.403. The maximum atomic E-state index is 8.63. The lowest BCUT2D eigenvalue weighted by atomic mass is 12.9. The van der Waals surface area contributed by atoms with Crippen LogP contribution in [-0.4, -0.2) is 0 Å². The molecule has 0 saturated carbocycles. The van der Waals surface area contributed by atoms with E-state index in [1.165, 1.54) is 0 Å². The summed E-state index contributed by atoms with van der Waals surface area (Å²) in [6.07, 6.45) is 0. The second-order valence-corrected chi connectivity index (χ2v) is 0.191. The molecule has 0 aliphatic carbocycles. The zero-order chi connectivity index (χ0) is 3.41. The first-order valence-corrected chi connectivity index (χ1v) is 0.628. The Morgan fingerprint density at radius 2 is 2.25 bits per heavy atom. The largest absolute Gasteiger partial charge is 0.751 e. The van der Waals surface area contributed by atoms with Crippen molar-refractivity contribution in [2.75, 3.05) is 0 Å². The Balaban J connectivity index is 3.11.